The Morgan fingerprint density at radius 1 is 1.55 bits per heavy atom. The van der Waals surface area contributed by atoms with Crippen LogP contribution in [0.15, 0.2) is 12.2 Å². The highest BCUT2D eigenvalue weighted by Gasteiger charge is 2.38. The quantitative estimate of drug-likeness (QED) is 0.379. The number of carbonyl (C=O) groups excluding carboxylic acids is 1. The Kier molecular flexibility index (Phi) is 1.46. The average molecular weight is 154 g/mol. The van der Waals surface area contributed by atoms with Crippen molar-refractivity contribution >= 4 is 5.97 Å². The number of ether oxygens (including phenoxy) is 2. The van der Waals surface area contributed by atoms with Crippen LogP contribution in [-0.4, -0.2) is 24.8 Å². The van der Waals surface area contributed by atoms with Crippen molar-refractivity contribution in [1.82, 2.24) is 0 Å². The Bertz CT molecular complexity index is 209. The number of hydrogen-bond acceptors (Lipinski definition) is 3. The lowest BCUT2D eigenvalue weighted by Gasteiger charge is -2.23. The van der Waals surface area contributed by atoms with E-state index in [0.717, 1.165) is 12.0 Å². The van der Waals surface area contributed by atoms with Gasteiger partial charge in [0.15, 0.2) is 6.10 Å². The van der Waals surface area contributed by atoms with Gasteiger partial charge in [-0.05, 0) is 12.0 Å². The highest BCUT2D eigenvalue weighted by molar-refractivity contribution is 5.71. The molecule has 0 N–H and O–H groups in total. The van der Waals surface area contributed by atoms with Crippen molar-refractivity contribution in [3.05, 3.63) is 12.2 Å². The number of fused-ring (bicyclic) bond motifs is 1. The van der Waals surface area contributed by atoms with Gasteiger partial charge < -0.3 is 9.47 Å². The summed E-state index contributed by atoms with van der Waals surface area (Å²) in [6, 6.07) is 0. The predicted octanol–water partition coefficient (Wildman–Crippen LogP) is 0.647. The zero-order chi connectivity index (χ0) is 7.84. The monoisotopic (exact) mass is 154 g/mol. The van der Waals surface area contributed by atoms with Gasteiger partial charge in [0.1, 0.15) is 0 Å². The van der Waals surface area contributed by atoms with Gasteiger partial charge in [-0.25, -0.2) is 0 Å². The highest BCUT2D eigenvalue weighted by atomic mass is 16.6. The molecule has 0 radical (unpaired) electrons. The second kappa shape index (κ2) is 2.34. The molecule has 2 saturated heterocycles. The fraction of sp³-hybridized carbons (Fsp3) is 0.625. The highest BCUT2D eigenvalue weighted by Crippen LogP contribution is 2.28. The summed E-state index contributed by atoms with van der Waals surface area (Å²) in [5.74, 6) is -0.127. The van der Waals surface area contributed by atoms with Crippen LogP contribution in [0, 0.1) is 0 Å². The molecule has 3 heteroatoms. The van der Waals surface area contributed by atoms with Crippen molar-refractivity contribution < 1.29 is 14.3 Å². The van der Waals surface area contributed by atoms with Gasteiger partial charge in [0.2, 0.25) is 0 Å². The van der Waals surface area contributed by atoms with E-state index in [0.29, 0.717) is 13.0 Å². The molecule has 2 atom stereocenters. The normalized spacial score (nSPS) is 36.7. The third kappa shape index (κ3) is 1.05. The summed E-state index contributed by atoms with van der Waals surface area (Å²) in [5, 5.41) is 0. The van der Waals surface area contributed by atoms with E-state index < -0.39 is 0 Å². The molecule has 2 rings (SSSR count). The van der Waals surface area contributed by atoms with Crippen LogP contribution >= 0.6 is 0 Å². The average Bonchev–Trinajstić information content (AvgIpc) is 2.33. The minimum Gasteiger partial charge on any atom is -0.455 e. The second-order valence-corrected chi connectivity index (χ2v) is 2.96. The summed E-state index contributed by atoms with van der Waals surface area (Å²) >= 11 is 0. The first-order valence-electron chi connectivity index (χ1n) is 3.76. The molecule has 0 aromatic rings. The molecule has 2 fully saturated rings. The Balaban J connectivity index is 2.13. The van der Waals surface area contributed by atoms with E-state index in [4.69, 9.17) is 9.47 Å². The Labute approximate surface area is 65.0 Å². The largest absolute Gasteiger partial charge is 0.455 e. The van der Waals surface area contributed by atoms with Gasteiger partial charge in [0, 0.05) is 6.42 Å². The van der Waals surface area contributed by atoms with Crippen molar-refractivity contribution in [1.29, 1.82) is 0 Å². The number of esters is 1. The molecular formula is C8H10O3. The second-order valence-electron chi connectivity index (χ2n) is 2.96. The van der Waals surface area contributed by atoms with E-state index in [9.17, 15) is 4.79 Å². The molecule has 11 heavy (non-hydrogen) atoms. The van der Waals surface area contributed by atoms with E-state index in [1.54, 1.807) is 0 Å². The fourth-order valence-electron chi connectivity index (χ4n) is 1.50. The Morgan fingerprint density at radius 3 is 3.18 bits per heavy atom. The molecule has 0 aliphatic carbocycles. The standard InChI is InChI=1S/C8H10O3/c1-5-4-10-6-2-3-7(9)11-8(5)6/h6,8H,1-4H2/t6-,8-/m0/s1. The van der Waals surface area contributed by atoms with Crippen molar-refractivity contribution in [2.24, 2.45) is 0 Å². The molecule has 0 amide bonds. The topological polar surface area (TPSA) is 35.5 Å². The SMILES string of the molecule is C=C1CO[C@H]2CCC(=O)O[C@@H]12. The van der Waals surface area contributed by atoms with Gasteiger partial charge in [-0.3, -0.25) is 4.79 Å². The molecule has 2 aliphatic rings. The van der Waals surface area contributed by atoms with Crippen LogP contribution in [0.3, 0.4) is 0 Å². The Hall–Kier alpha value is -0.830. The number of rotatable bonds is 0. The molecule has 0 unspecified atom stereocenters. The summed E-state index contributed by atoms with van der Waals surface area (Å²) in [5.41, 5.74) is 0.892. The first-order chi connectivity index (χ1) is 5.27. The maximum atomic E-state index is 10.8. The lowest BCUT2D eigenvalue weighted by Crippen LogP contribution is -2.33. The van der Waals surface area contributed by atoms with E-state index in [1.165, 1.54) is 0 Å². The van der Waals surface area contributed by atoms with Gasteiger partial charge in [0.25, 0.3) is 0 Å². The minimum absolute atomic E-state index is 0.0835. The molecule has 2 aliphatic heterocycles. The minimum atomic E-state index is -0.156. The third-order valence-electron chi connectivity index (χ3n) is 2.11. The van der Waals surface area contributed by atoms with Crippen molar-refractivity contribution in [2.45, 2.75) is 25.0 Å². The maximum Gasteiger partial charge on any atom is 0.306 e. The molecular weight excluding hydrogens is 144 g/mol. The molecule has 60 valence electrons. The summed E-state index contributed by atoms with van der Waals surface area (Å²) < 4.78 is 10.4. The zero-order valence-corrected chi connectivity index (χ0v) is 6.21. The molecule has 2 heterocycles. The van der Waals surface area contributed by atoms with E-state index in [-0.39, 0.29) is 18.2 Å². The van der Waals surface area contributed by atoms with Gasteiger partial charge in [-0.2, -0.15) is 0 Å². The predicted molar refractivity (Wildman–Crippen MR) is 38.0 cm³/mol. The van der Waals surface area contributed by atoms with Crippen molar-refractivity contribution in [2.75, 3.05) is 6.61 Å². The molecule has 0 spiro atoms. The van der Waals surface area contributed by atoms with Crippen LogP contribution in [0.25, 0.3) is 0 Å². The third-order valence-corrected chi connectivity index (χ3v) is 2.11. The van der Waals surface area contributed by atoms with Crippen LogP contribution in [0.4, 0.5) is 0 Å². The van der Waals surface area contributed by atoms with Gasteiger partial charge in [0.05, 0.1) is 12.7 Å². The smallest absolute Gasteiger partial charge is 0.306 e. The zero-order valence-electron chi connectivity index (χ0n) is 6.21. The van der Waals surface area contributed by atoms with Crippen molar-refractivity contribution in [3.8, 4) is 0 Å². The van der Waals surface area contributed by atoms with Crippen LogP contribution in [0.5, 0.6) is 0 Å². The van der Waals surface area contributed by atoms with Crippen LogP contribution in [0.2, 0.25) is 0 Å². The van der Waals surface area contributed by atoms with Gasteiger partial charge >= 0.3 is 5.97 Å². The summed E-state index contributed by atoms with van der Waals surface area (Å²) in [6.07, 6.45) is 1.19. The lowest BCUT2D eigenvalue weighted by molar-refractivity contribution is -0.157. The first kappa shape index (κ1) is 6.85. The summed E-state index contributed by atoms with van der Waals surface area (Å²) in [7, 11) is 0. The van der Waals surface area contributed by atoms with Crippen molar-refractivity contribution in [3.63, 3.8) is 0 Å². The molecule has 0 bridgehead atoms. The van der Waals surface area contributed by atoms with Crippen LogP contribution in [-0.2, 0) is 14.3 Å². The van der Waals surface area contributed by atoms with Gasteiger partial charge in [-0.1, -0.05) is 6.58 Å². The lowest BCUT2D eigenvalue weighted by atomic mass is 10.0. The van der Waals surface area contributed by atoms with E-state index in [1.807, 2.05) is 0 Å². The molecule has 3 nitrogen and oxygen atoms in total. The van der Waals surface area contributed by atoms with E-state index >= 15 is 0 Å². The Morgan fingerprint density at radius 2 is 2.36 bits per heavy atom. The maximum absolute atomic E-state index is 10.8. The summed E-state index contributed by atoms with van der Waals surface area (Å²) in [6.45, 7) is 4.31. The first-order valence-corrected chi connectivity index (χ1v) is 3.76. The van der Waals surface area contributed by atoms with E-state index in [2.05, 4.69) is 6.58 Å². The summed E-state index contributed by atoms with van der Waals surface area (Å²) in [4.78, 5) is 10.8. The molecule has 0 saturated carbocycles. The van der Waals surface area contributed by atoms with Crippen LogP contribution in [0.1, 0.15) is 12.8 Å². The van der Waals surface area contributed by atoms with Gasteiger partial charge in [-0.15, -0.1) is 0 Å². The number of hydrogen-bond donors (Lipinski definition) is 0. The molecule has 0 aromatic heterocycles. The number of carbonyl (C=O) groups is 1. The fourth-order valence-corrected chi connectivity index (χ4v) is 1.50. The molecule has 0 aromatic carbocycles. The van der Waals surface area contributed by atoms with Crippen LogP contribution < -0.4 is 0 Å².